The van der Waals surface area contributed by atoms with Gasteiger partial charge in [0, 0.05) is 59.5 Å². The van der Waals surface area contributed by atoms with Gasteiger partial charge in [-0.15, -0.1) is 0 Å². The van der Waals surface area contributed by atoms with Crippen molar-refractivity contribution < 1.29 is 38.7 Å². The van der Waals surface area contributed by atoms with Gasteiger partial charge in [-0.2, -0.15) is 0 Å². The SMILES string of the molecule is CC(C)(C)OC(=O)N1CC2(COc3cc(C(N)=O)cc([NH+]=O)c3NCCCCNc3c(cc(C(N)=O)cc3[N+](=O)[O-])OC2)C1. The van der Waals surface area contributed by atoms with Crippen molar-refractivity contribution >= 4 is 40.7 Å². The number of primary amides is 2. The van der Waals surface area contributed by atoms with E-state index in [2.05, 4.69) is 10.6 Å². The summed E-state index contributed by atoms with van der Waals surface area (Å²) < 4.78 is 17.8. The monoisotopic (exact) mass is 614 g/mol. The van der Waals surface area contributed by atoms with Crippen molar-refractivity contribution in [2.24, 2.45) is 16.9 Å². The Kier molecular flexibility index (Phi) is 9.11. The number of nitroso groups, excluding NO2 is 1. The summed E-state index contributed by atoms with van der Waals surface area (Å²) in [5, 5.41) is 20.0. The van der Waals surface area contributed by atoms with E-state index in [-0.39, 0.29) is 66.0 Å². The standard InChI is InChI=1S/C28H35N7O9/c1-27(2,3)44-26(38)34-12-28(13-34)14-42-20-10-16(24(29)36)8-18(33-39)22(20)31-6-4-5-7-32-23-19(35(40)41)9-17(25(30)37)11-21(23)43-15-28/h8-11,31-32H,4-7,12-15H2,1-3H3,(H2,29,36)(H2,30,37)/p+1. The normalized spacial score (nSPS) is 16.5. The van der Waals surface area contributed by atoms with E-state index in [0.717, 1.165) is 6.07 Å². The van der Waals surface area contributed by atoms with Crippen molar-refractivity contribution in [2.75, 3.05) is 50.0 Å². The van der Waals surface area contributed by atoms with Crippen LogP contribution in [0, 0.1) is 20.4 Å². The van der Waals surface area contributed by atoms with Crippen LogP contribution in [0.3, 0.4) is 0 Å². The molecule has 16 nitrogen and oxygen atoms in total. The Morgan fingerprint density at radius 2 is 1.48 bits per heavy atom. The van der Waals surface area contributed by atoms with Gasteiger partial charge in [-0.3, -0.25) is 19.7 Å². The predicted octanol–water partition coefficient (Wildman–Crippen LogP) is 1.58. The van der Waals surface area contributed by atoms with Crippen LogP contribution in [-0.4, -0.2) is 72.7 Å². The number of hydrogen-bond donors (Lipinski definition) is 5. The van der Waals surface area contributed by atoms with Gasteiger partial charge in [0.15, 0.2) is 11.4 Å². The second-order valence-electron chi connectivity index (χ2n) is 11.8. The van der Waals surface area contributed by atoms with Crippen molar-refractivity contribution in [3.05, 3.63) is 50.4 Å². The molecule has 4 rings (SSSR count). The molecule has 0 unspecified atom stereocenters. The number of carbonyl (C=O) groups excluding carboxylic acids is 3. The van der Waals surface area contributed by atoms with Crippen LogP contribution in [0.25, 0.3) is 0 Å². The number of likely N-dealkylation sites (tertiary alicyclic amines) is 1. The molecule has 0 aliphatic carbocycles. The highest BCUT2D eigenvalue weighted by Gasteiger charge is 2.48. The predicted molar refractivity (Wildman–Crippen MR) is 158 cm³/mol. The molecule has 2 aliphatic rings. The highest BCUT2D eigenvalue weighted by Crippen LogP contribution is 2.40. The highest BCUT2D eigenvalue weighted by molar-refractivity contribution is 5.96. The molecule has 2 heterocycles. The summed E-state index contributed by atoms with van der Waals surface area (Å²) in [6.07, 6.45) is 0.565. The van der Waals surface area contributed by atoms with Crippen LogP contribution in [0.4, 0.5) is 27.5 Å². The fourth-order valence-electron chi connectivity index (χ4n) is 4.89. The lowest BCUT2D eigenvalue weighted by atomic mass is 9.81. The van der Waals surface area contributed by atoms with Gasteiger partial charge in [0.25, 0.3) is 11.4 Å². The molecule has 236 valence electrons. The first-order valence-electron chi connectivity index (χ1n) is 13.9. The molecule has 2 aromatic rings. The summed E-state index contributed by atoms with van der Waals surface area (Å²) in [6.45, 7) is 5.98. The first-order valence-corrected chi connectivity index (χ1v) is 13.9. The van der Waals surface area contributed by atoms with Gasteiger partial charge in [-0.05, 0) is 45.7 Å². The average molecular weight is 615 g/mol. The summed E-state index contributed by atoms with van der Waals surface area (Å²) in [5.74, 6) is -1.43. The van der Waals surface area contributed by atoms with E-state index in [9.17, 15) is 29.4 Å². The van der Waals surface area contributed by atoms with E-state index in [1.165, 1.54) is 23.1 Å². The largest absolute Gasteiger partial charge is 0.490 e. The second kappa shape index (κ2) is 12.6. The van der Waals surface area contributed by atoms with Crippen molar-refractivity contribution in [1.82, 2.24) is 4.90 Å². The molecular formula is C28H36N7O9+. The van der Waals surface area contributed by atoms with E-state index in [0.29, 0.717) is 31.6 Å². The first kappa shape index (κ1) is 31.8. The number of nitrogens with one attached hydrogen (secondary N) is 3. The van der Waals surface area contributed by atoms with Crippen LogP contribution in [0.5, 0.6) is 11.5 Å². The van der Waals surface area contributed by atoms with Gasteiger partial charge in [-0.1, -0.05) is 0 Å². The van der Waals surface area contributed by atoms with Crippen LogP contribution < -0.4 is 36.8 Å². The number of rotatable bonds is 4. The maximum atomic E-state index is 12.8. The highest BCUT2D eigenvalue weighted by atomic mass is 16.6. The number of nitrogens with two attached hydrogens (primary N) is 2. The van der Waals surface area contributed by atoms with Gasteiger partial charge in [0.1, 0.15) is 30.3 Å². The number of nitro groups is 1. The lowest BCUT2D eigenvalue weighted by molar-refractivity contribution is -0.384. The number of fused-ring (bicyclic) bond motifs is 2. The molecule has 16 heteroatoms. The minimum atomic E-state index is -0.878. The van der Waals surface area contributed by atoms with Crippen LogP contribution in [0.2, 0.25) is 0 Å². The number of anilines is 2. The molecular weight excluding hydrogens is 578 g/mol. The molecule has 0 atom stereocenters. The Morgan fingerprint density at radius 3 is 1.98 bits per heavy atom. The Morgan fingerprint density at radius 1 is 0.955 bits per heavy atom. The van der Waals surface area contributed by atoms with E-state index >= 15 is 0 Å². The summed E-state index contributed by atoms with van der Waals surface area (Å²) in [6, 6.07) is 5.15. The molecule has 2 aliphatic heterocycles. The molecule has 0 radical (unpaired) electrons. The number of carbonyl (C=O) groups is 3. The van der Waals surface area contributed by atoms with E-state index < -0.39 is 33.8 Å². The van der Waals surface area contributed by atoms with E-state index in [1.54, 1.807) is 20.8 Å². The molecule has 7 N–H and O–H groups in total. The van der Waals surface area contributed by atoms with Crippen LogP contribution in [-0.2, 0) is 4.74 Å². The molecule has 1 fully saturated rings. The molecule has 0 bridgehead atoms. The molecule has 2 aromatic carbocycles. The molecule has 1 saturated heterocycles. The maximum absolute atomic E-state index is 12.8. The molecule has 44 heavy (non-hydrogen) atoms. The van der Waals surface area contributed by atoms with Crippen molar-refractivity contribution in [3.63, 3.8) is 0 Å². The summed E-state index contributed by atoms with van der Waals surface area (Å²) >= 11 is 0. The second-order valence-corrected chi connectivity index (χ2v) is 11.8. The third-order valence-corrected chi connectivity index (χ3v) is 7.04. The van der Waals surface area contributed by atoms with E-state index in [4.69, 9.17) is 25.7 Å². The summed E-state index contributed by atoms with van der Waals surface area (Å²) in [5.41, 5.74) is 9.33. The first-order chi connectivity index (χ1) is 20.7. The third-order valence-electron chi connectivity index (χ3n) is 7.04. The molecule has 0 aromatic heterocycles. The fraction of sp³-hybridized carbons (Fsp3) is 0.464. The van der Waals surface area contributed by atoms with Crippen molar-refractivity contribution in [3.8, 4) is 11.5 Å². The number of nitro benzene ring substituents is 1. The number of amides is 3. The summed E-state index contributed by atoms with van der Waals surface area (Å²) in [7, 11) is 0. The van der Waals surface area contributed by atoms with Gasteiger partial charge < -0.3 is 41.2 Å². The minimum absolute atomic E-state index is 0.0327. The number of ether oxygens (including phenoxy) is 3. The summed E-state index contributed by atoms with van der Waals surface area (Å²) in [4.78, 5) is 61.4. The van der Waals surface area contributed by atoms with Crippen molar-refractivity contribution in [1.29, 1.82) is 0 Å². The number of benzene rings is 2. The minimum Gasteiger partial charge on any atom is -0.490 e. The Labute approximate surface area is 252 Å². The zero-order valence-electron chi connectivity index (χ0n) is 24.7. The van der Waals surface area contributed by atoms with Gasteiger partial charge >= 0.3 is 6.09 Å². The molecule has 3 amide bonds. The fourth-order valence-corrected chi connectivity index (χ4v) is 4.89. The zero-order chi connectivity index (χ0) is 32.2. The lowest BCUT2D eigenvalue weighted by Crippen LogP contribution is -2.64. The average Bonchev–Trinajstić information content (AvgIpc) is 2.92. The molecule has 0 saturated carbocycles. The van der Waals surface area contributed by atoms with E-state index in [1.807, 2.05) is 5.18 Å². The maximum Gasteiger partial charge on any atom is 0.410 e. The van der Waals surface area contributed by atoms with Crippen LogP contribution in [0.15, 0.2) is 24.3 Å². The van der Waals surface area contributed by atoms with Gasteiger partial charge in [0.05, 0.1) is 10.3 Å². The molecule has 1 spiro atoms. The van der Waals surface area contributed by atoms with Crippen LogP contribution >= 0.6 is 0 Å². The number of hydrogen-bond acceptors (Lipinski definition) is 11. The zero-order valence-corrected chi connectivity index (χ0v) is 24.7. The number of nitrogens with zero attached hydrogens (tertiary/aromatic N) is 2. The van der Waals surface area contributed by atoms with Gasteiger partial charge in [0.2, 0.25) is 11.8 Å². The Balaban J connectivity index is 1.74. The van der Waals surface area contributed by atoms with Gasteiger partial charge in [-0.25, -0.2) is 4.79 Å². The lowest BCUT2D eigenvalue weighted by Gasteiger charge is -2.49. The van der Waals surface area contributed by atoms with Crippen LogP contribution in [0.1, 0.15) is 54.3 Å². The third kappa shape index (κ3) is 7.25. The Bertz CT molecular complexity index is 1480. The topological polar surface area (TPSA) is 232 Å². The Hall–Kier alpha value is -5.15. The quantitative estimate of drug-likeness (QED) is 0.245. The van der Waals surface area contributed by atoms with Crippen molar-refractivity contribution in [2.45, 2.75) is 39.2 Å². The smallest absolute Gasteiger partial charge is 0.410 e.